The zero-order valence-electron chi connectivity index (χ0n) is 17.0. The molecule has 0 aliphatic heterocycles. The average molecular weight is 434 g/mol. The van der Waals surface area contributed by atoms with E-state index >= 15 is 0 Å². The number of nitrogens with one attached hydrogen (secondary N) is 1. The number of amides is 1. The molecule has 0 bridgehead atoms. The summed E-state index contributed by atoms with van der Waals surface area (Å²) in [5.74, 6) is 0.896. The van der Waals surface area contributed by atoms with Crippen LogP contribution in [0.4, 0.5) is 5.69 Å². The number of carbonyl (C=O) groups is 1. The Labute approximate surface area is 184 Å². The van der Waals surface area contributed by atoms with Crippen molar-refractivity contribution in [3.8, 4) is 28.7 Å². The highest BCUT2D eigenvalue weighted by Crippen LogP contribution is 2.31. The Morgan fingerprint density at radius 3 is 2.52 bits per heavy atom. The lowest BCUT2D eigenvalue weighted by molar-refractivity contribution is -0.122. The largest absolute Gasteiger partial charge is 0.480 e. The van der Waals surface area contributed by atoms with Gasteiger partial charge in [-0.05, 0) is 55.8 Å². The van der Waals surface area contributed by atoms with Crippen molar-refractivity contribution < 1.29 is 13.9 Å². The summed E-state index contributed by atoms with van der Waals surface area (Å²) in [6.07, 6.45) is -0.768. The van der Waals surface area contributed by atoms with Gasteiger partial charge in [-0.15, -0.1) is 10.2 Å². The summed E-state index contributed by atoms with van der Waals surface area (Å²) in [4.78, 5) is 12.7. The first kappa shape index (κ1) is 20.6. The number of nitrogens with zero attached hydrogens (tertiary/aromatic N) is 2. The second kappa shape index (κ2) is 9.02. The molecule has 0 unspecified atom stereocenters. The van der Waals surface area contributed by atoms with Crippen molar-refractivity contribution in [1.29, 1.82) is 0 Å². The van der Waals surface area contributed by atoms with E-state index in [-0.39, 0.29) is 5.91 Å². The van der Waals surface area contributed by atoms with Gasteiger partial charge in [0, 0.05) is 16.3 Å². The van der Waals surface area contributed by atoms with Crippen LogP contribution in [0.5, 0.6) is 5.75 Å². The number of carbonyl (C=O) groups excluding carboxylic acids is 1. The number of rotatable bonds is 6. The average Bonchev–Trinajstić information content (AvgIpc) is 3.27. The molecule has 0 aliphatic rings. The SMILES string of the molecule is Cc1ccc(Cl)cc1NC(=O)[C@@H](C)Oc1ccccc1-c1nnc(-c2ccccc2)o1. The van der Waals surface area contributed by atoms with Crippen LogP contribution >= 0.6 is 11.6 Å². The quantitative estimate of drug-likeness (QED) is 0.417. The summed E-state index contributed by atoms with van der Waals surface area (Å²) in [6, 6.07) is 22.1. The monoisotopic (exact) mass is 433 g/mol. The normalized spacial score (nSPS) is 11.7. The third-order valence-electron chi connectivity index (χ3n) is 4.69. The van der Waals surface area contributed by atoms with Gasteiger partial charge in [0.05, 0.1) is 5.56 Å². The fourth-order valence-electron chi connectivity index (χ4n) is 2.98. The molecule has 156 valence electrons. The van der Waals surface area contributed by atoms with E-state index in [4.69, 9.17) is 20.8 Å². The van der Waals surface area contributed by atoms with E-state index in [2.05, 4.69) is 15.5 Å². The van der Waals surface area contributed by atoms with Crippen LogP contribution in [0.1, 0.15) is 12.5 Å². The van der Waals surface area contributed by atoms with Crippen LogP contribution < -0.4 is 10.1 Å². The molecule has 7 heteroatoms. The van der Waals surface area contributed by atoms with Gasteiger partial charge in [-0.1, -0.05) is 48.0 Å². The van der Waals surface area contributed by atoms with Crippen LogP contribution in [-0.4, -0.2) is 22.2 Å². The highest BCUT2D eigenvalue weighted by Gasteiger charge is 2.20. The maximum Gasteiger partial charge on any atom is 0.265 e. The molecule has 1 N–H and O–H groups in total. The first-order valence-electron chi connectivity index (χ1n) is 9.73. The minimum absolute atomic E-state index is 0.296. The lowest BCUT2D eigenvalue weighted by atomic mass is 10.2. The topological polar surface area (TPSA) is 77.2 Å². The first-order chi connectivity index (χ1) is 15.0. The molecule has 1 amide bonds. The number of benzene rings is 3. The van der Waals surface area contributed by atoms with E-state index in [9.17, 15) is 4.79 Å². The number of hydrogen-bond acceptors (Lipinski definition) is 5. The van der Waals surface area contributed by atoms with Gasteiger partial charge in [-0.25, -0.2) is 0 Å². The van der Waals surface area contributed by atoms with Crippen molar-refractivity contribution in [3.63, 3.8) is 0 Å². The summed E-state index contributed by atoms with van der Waals surface area (Å²) >= 11 is 6.04. The van der Waals surface area contributed by atoms with Gasteiger partial charge in [0.15, 0.2) is 6.10 Å². The molecule has 0 radical (unpaired) electrons. The van der Waals surface area contributed by atoms with Crippen molar-refractivity contribution in [1.82, 2.24) is 10.2 Å². The molecule has 31 heavy (non-hydrogen) atoms. The van der Waals surface area contributed by atoms with Crippen LogP contribution in [0.2, 0.25) is 5.02 Å². The van der Waals surface area contributed by atoms with Gasteiger partial charge in [0.2, 0.25) is 5.89 Å². The molecule has 4 rings (SSSR count). The van der Waals surface area contributed by atoms with Crippen molar-refractivity contribution >= 4 is 23.2 Å². The molecule has 0 fully saturated rings. The molecule has 4 aromatic rings. The standard InChI is InChI=1S/C24H20ClN3O3/c1-15-12-13-18(25)14-20(15)26-22(29)16(2)30-21-11-7-6-10-19(21)24-28-27-23(31-24)17-8-4-3-5-9-17/h3-14,16H,1-2H3,(H,26,29)/t16-/m1/s1. The van der Waals surface area contributed by atoms with Crippen molar-refractivity contribution in [2.75, 3.05) is 5.32 Å². The second-order valence-corrected chi connectivity index (χ2v) is 7.42. The van der Waals surface area contributed by atoms with Gasteiger partial charge in [0.25, 0.3) is 11.8 Å². The van der Waals surface area contributed by atoms with Gasteiger partial charge >= 0.3 is 0 Å². The highest BCUT2D eigenvalue weighted by molar-refractivity contribution is 6.31. The second-order valence-electron chi connectivity index (χ2n) is 6.98. The third kappa shape index (κ3) is 4.75. The van der Waals surface area contributed by atoms with Crippen molar-refractivity contribution in [3.05, 3.63) is 83.4 Å². The molecular weight excluding hydrogens is 414 g/mol. The summed E-state index contributed by atoms with van der Waals surface area (Å²) < 4.78 is 11.8. The number of hydrogen-bond donors (Lipinski definition) is 1. The minimum Gasteiger partial charge on any atom is -0.480 e. The Morgan fingerprint density at radius 2 is 1.71 bits per heavy atom. The van der Waals surface area contributed by atoms with Crippen LogP contribution in [0.25, 0.3) is 22.9 Å². The molecule has 0 saturated carbocycles. The molecule has 6 nitrogen and oxygen atoms in total. The Balaban J connectivity index is 1.53. The molecule has 1 heterocycles. The van der Waals surface area contributed by atoms with E-state index < -0.39 is 6.10 Å². The number of anilines is 1. The maximum atomic E-state index is 12.7. The van der Waals surface area contributed by atoms with Gasteiger partial charge in [-0.2, -0.15) is 0 Å². The lowest BCUT2D eigenvalue weighted by Gasteiger charge is -2.17. The van der Waals surface area contributed by atoms with Crippen LogP contribution in [0.15, 0.2) is 77.2 Å². The number of para-hydroxylation sites is 1. The van der Waals surface area contributed by atoms with Crippen molar-refractivity contribution in [2.24, 2.45) is 0 Å². The molecule has 1 aromatic heterocycles. The Morgan fingerprint density at radius 1 is 1.00 bits per heavy atom. The predicted octanol–water partition coefficient (Wildman–Crippen LogP) is 5.77. The van der Waals surface area contributed by atoms with E-state index in [1.807, 2.05) is 61.5 Å². The molecule has 3 aromatic carbocycles. The number of halogens is 1. The molecule has 0 aliphatic carbocycles. The zero-order chi connectivity index (χ0) is 21.8. The fraction of sp³-hybridized carbons (Fsp3) is 0.125. The smallest absolute Gasteiger partial charge is 0.265 e. The summed E-state index contributed by atoms with van der Waals surface area (Å²) in [6.45, 7) is 3.57. The van der Waals surface area contributed by atoms with E-state index in [0.717, 1.165) is 11.1 Å². The first-order valence-corrected chi connectivity index (χ1v) is 10.1. The lowest BCUT2D eigenvalue weighted by Crippen LogP contribution is -2.30. The fourth-order valence-corrected chi connectivity index (χ4v) is 3.15. The minimum atomic E-state index is -0.768. The zero-order valence-corrected chi connectivity index (χ0v) is 17.8. The summed E-state index contributed by atoms with van der Waals surface area (Å²) in [7, 11) is 0. The molecular formula is C24H20ClN3O3. The predicted molar refractivity (Wildman–Crippen MR) is 120 cm³/mol. The Hall–Kier alpha value is -3.64. The van der Waals surface area contributed by atoms with Gasteiger partial charge < -0.3 is 14.5 Å². The molecule has 0 saturated heterocycles. The third-order valence-corrected chi connectivity index (χ3v) is 4.93. The molecule has 1 atom stereocenters. The van der Waals surface area contributed by atoms with E-state index in [1.165, 1.54) is 0 Å². The Bertz CT molecular complexity index is 1210. The summed E-state index contributed by atoms with van der Waals surface area (Å²) in [5.41, 5.74) is 2.98. The maximum absolute atomic E-state index is 12.7. The number of aromatic nitrogens is 2. The van der Waals surface area contributed by atoms with Crippen molar-refractivity contribution in [2.45, 2.75) is 20.0 Å². The molecule has 0 spiro atoms. The van der Waals surface area contributed by atoms with Gasteiger partial charge in [0.1, 0.15) is 5.75 Å². The number of ether oxygens (including phenoxy) is 1. The highest BCUT2D eigenvalue weighted by atomic mass is 35.5. The van der Waals surface area contributed by atoms with Gasteiger partial charge in [-0.3, -0.25) is 4.79 Å². The van der Waals surface area contributed by atoms with Crippen LogP contribution in [-0.2, 0) is 4.79 Å². The summed E-state index contributed by atoms with van der Waals surface area (Å²) in [5, 5.41) is 11.7. The van der Waals surface area contributed by atoms with Crippen LogP contribution in [0, 0.1) is 6.92 Å². The number of aryl methyl sites for hydroxylation is 1. The van der Waals surface area contributed by atoms with Crippen LogP contribution in [0.3, 0.4) is 0 Å². The Kier molecular flexibility index (Phi) is 6.00. The van der Waals surface area contributed by atoms with E-state index in [1.54, 1.807) is 25.1 Å². The van der Waals surface area contributed by atoms with E-state index in [0.29, 0.717) is 33.8 Å².